The number of amides is 2. The Morgan fingerprint density at radius 3 is 2.69 bits per heavy atom. The van der Waals surface area contributed by atoms with Crippen LogP contribution in [0, 0.1) is 6.92 Å². The van der Waals surface area contributed by atoms with Gasteiger partial charge in [-0.1, -0.05) is 24.3 Å². The zero-order valence-electron chi connectivity index (χ0n) is 16.9. The van der Waals surface area contributed by atoms with E-state index in [0.717, 1.165) is 16.7 Å². The number of ether oxygens (including phenoxy) is 2. The van der Waals surface area contributed by atoms with Crippen LogP contribution >= 0.6 is 0 Å². The van der Waals surface area contributed by atoms with Crippen LogP contribution in [0.25, 0.3) is 0 Å². The average molecular weight is 394 g/mol. The Kier molecular flexibility index (Phi) is 5.28. The van der Waals surface area contributed by atoms with Crippen LogP contribution in [-0.4, -0.2) is 42.6 Å². The van der Waals surface area contributed by atoms with Crippen molar-refractivity contribution in [1.82, 2.24) is 4.90 Å². The van der Waals surface area contributed by atoms with Crippen LogP contribution in [0.15, 0.2) is 42.5 Å². The van der Waals surface area contributed by atoms with Crippen molar-refractivity contribution in [2.45, 2.75) is 38.3 Å². The molecule has 2 aromatic carbocycles. The van der Waals surface area contributed by atoms with E-state index in [2.05, 4.69) is 5.32 Å². The highest BCUT2D eigenvalue weighted by Crippen LogP contribution is 2.38. The van der Waals surface area contributed by atoms with Crippen molar-refractivity contribution in [3.05, 3.63) is 59.2 Å². The van der Waals surface area contributed by atoms with Gasteiger partial charge in [0, 0.05) is 25.3 Å². The predicted octanol–water partition coefficient (Wildman–Crippen LogP) is 3.54. The lowest BCUT2D eigenvalue weighted by Gasteiger charge is -2.44. The molecule has 2 aliphatic heterocycles. The smallest absolute Gasteiger partial charge is 0.254 e. The molecule has 4 rings (SSSR count). The van der Waals surface area contributed by atoms with E-state index in [-0.39, 0.29) is 18.2 Å². The van der Waals surface area contributed by atoms with Crippen molar-refractivity contribution in [3.8, 4) is 5.75 Å². The summed E-state index contributed by atoms with van der Waals surface area (Å²) in [5.41, 5.74) is 2.89. The number of carbonyl (C=O) groups is 2. The molecule has 1 saturated heterocycles. The first-order valence-corrected chi connectivity index (χ1v) is 9.94. The Morgan fingerprint density at radius 2 is 1.97 bits per heavy atom. The predicted molar refractivity (Wildman–Crippen MR) is 110 cm³/mol. The van der Waals surface area contributed by atoms with Crippen LogP contribution < -0.4 is 10.1 Å². The molecule has 1 fully saturated rings. The molecule has 2 amide bonds. The minimum absolute atomic E-state index is 0.00318. The van der Waals surface area contributed by atoms with Crippen molar-refractivity contribution < 1.29 is 19.1 Å². The summed E-state index contributed by atoms with van der Waals surface area (Å²) in [6, 6.07) is 13.4. The first kappa shape index (κ1) is 19.5. The normalized spacial score (nSPS) is 17.7. The maximum Gasteiger partial charge on any atom is 0.254 e. The number of anilines is 1. The Balaban J connectivity index is 1.58. The summed E-state index contributed by atoms with van der Waals surface area (Å²) < 4.78 is 10.9. The maximum atomic E-state index is 13.1. The van der Waals surface area contributed by atoms with Crippen molar-refractivity contribution >= 4 is 17.5 Å². The van der Waals surface area contributed by atoms with Gasteiger partial charge in [-0.15, -0.1) is 0 Å². The number of benzene rings is 2. The number of carbonyl (C=O) groups excluding carboxylic acids is 2. The zero-order valence-corrected chi connectivity index (χ0v) is 16.9. The van der Waals surface area contributed by atoms with E-state index >= 15 is 0 Å². The monoisotopic (exact) mass is 394 g/mol. The van der Waals surface area contributed by atoms with Crippen LogP contribution in [-0.2, 0) is 16.1 Å². The molecule has 0 aliphatic carbocycles. The first-order valence-electron chi connectivity index (χ1n) is 9.94. The maximum absolute atomic E-state index is 13.1. The summed E-state index contributed by atoms with van der Waals surface area (Å²) in [6.45, 7) is 3.59. The van der Waals surface area contributed by atoms with Crippen LogP contribution in [0.5, 0.6) is 5.75 Å². The average Bonchev–Trinajstić information content (AvgIpc) is 3.06. The van der Waals surface area contributed by atoms with Crippen molar-refractivity contribution in [2.75, 3.05) is 25.6 Å². The minimum atomic E-state index is -0.546. The fourth-order valence-electron chi connectivity index (χ4n) is 4.34. The molecule has 2 heterocycles. The highest BCUT2D eigenvalue weighted by Gasteiger charge is 2.46. The molecule has 1 N–H and O–H groups in total. The molecule has 0 aromatic heterocycles. The molecule has 2 aromatic rings. The zero-order chi connectivity index (χ0) is 20.4. The quantitative estimate of drug-likeness (QED) is 0.842. The number of hydrogen-bond donors (Lipinski definition) is 1. The van der Waals surface area contributed by atoms with Crippen LogP contribution in [0.3, 0.4) is 0 Å². The third-order valence-corrected chi connectivity index (χ3v) is 5.94. The second kappa shape index (κ2) is 7.87. The van der Waals surface area contributed by atoms with Gasteiger partial charge in [-0.25, -0.2) is 0 Å². The lowest BCUT2D eigenvalue weighted by Crippen LogP contribution is -2.54. The number of hydrogen-bond acceptors (Lipinski definition) is 4. The topological polar surface area (TPSA) is 67.9 Å². The molecule has 29 heavy (non-hydrogen) atoms. The SMILES string of the molecule is COc1ccc(C)cc1NC(=O)CC1(N2Cc3ccccc3C2=O)CCOCC1. The number of aryl methyl sites for hydroxylation is 1. The number of nitrogens with zero attached hydrogens (tertiary/aromatic N) is 1. The molecule has 0 radical (unpaired) electrons. The van der Waals surface area contributed by atoms with Gasteiger partial charge in [0.2, 0.25) is 5.91 Å². The third kappa shape index (κ3) is 3.72. The van der Waals surface area contributed by atoms with Crippen LogP contribution in [0.2, 0.25) is 0 Å². The van der Waals surface area contributed by atoms with Crippen molar-refractivity contribution in [1.29, 1.82) is 0 Å². The molecule has 0 atom stereocenters. The van der Waals surface area contributed by atoms with E-state index in [4.69, 9.17) is 9.47 Å². The number of nitrogens with one attached hydrogen (secondary N) is 1. The summed E-state index contributed by atoms with van der Waals surface area (Å²) in [7, 11) is 1.58. The van der Waals surface area contributed by atoms with Crippen molar-refractivity contribution in [3.63, 3.8) is 0 Å². The van der Waals surface area contributed by atoms with E-state index in [1.165, 1.54) is 0 Å². The van der Waals surface area contributed by atoms with Crippen LogP contribution in [0.1, 0.15) is 40.7 Å². The van der Waals surface area contributed by atoms with E-state index in [1.807, 2.05) is 54.3 Å². The fraction of sp³-hybridized carbons (Fsp3) is 0.391. The minimum Gasteiger partial charge on any atom is -0.495 e. The fourth-order valence-corrected chi connectivity index (χ4v) is 4.34. The lowest BCUT2D eigenvalue weighted by atomic mass is 9.84. The Morgan fingerprint density at radius 1 is 1.21 bits per heavy atom. The molecular formula is C23H26N2O4. The summed E-state index contributed by atoms with van der Waals surface area (Å²) in [5.74, 6) is 0.498. The summed E-state index contributed by atoms with van der Waals surface area (Å²) >= 11 is 0. The summed E-state index contributed by atoms with van der Waals surface area (Å²) in [4.78, 5) is 28.1. The molecular weight excluding hydrogens is 368 g/mol. The third-order valence-electron chi connectivity index (χ3n) is 5.94. The summed E-state index contributed by atoms with van der Waals surface area (Å²) in [5, 5.41) is 2.99. The van der Waals surface area contributed by atoms with Gasteiger partial charge >= 0.3 is 0 Å². The number of fused-ring (bicyclic) bond motifs is 1. The number of rotatable bonds is 5. The van der Waals surface area contributed by atoms with Gasteiger partial charge in [-0.05, 0) is 49.1 Å². The van der Waals surface area contributed by atoms with Gasteiger partial charge < -0.3 is 19.7 Å². The molecule has 152 valence electrons. The van der Waals surface area contributed by atoms with Gasteiger partial charge in [0.25, 0.3) is 5.91 Å². The van der Waals surface area contributed by atoms with Gasteiger partial charge in [0.15, 0.2) is 0 Å². The standard InChI is InChI=1S/C23H26N2O4/c1-16-7-8-20(28-2)19(13-16)24-21(26)14-23(9-11-29-12-10-23)25-15-17-5-3-4-6-18(17)22(25)27/h3-8,13H,9-12,14-15H2,1-2H3,(H,24,26). The molecule has 0 unspecified atom stereocenters. The van der Waals surface area contributed by atoms with E-state index < -0.39 is 5.54 Å². The van der Waals surface area contributed by atoms with Gasteiger partial charge in [0.05, 0.1) is 24.8 Å². The second-order valence-corrected chi connectivity index (χ2v) is 7.81. The first-order chi connectivity index (χ1) is 14.0. The van der Waals surface area contributed by atoms with Gasteiger partial charge in [-0.3, -0.25) is 9.59 Å². The highest BCUT2D eigenvalue weighted by atomic mass is 16.5. The highest BCUT2D eigenvalue weighted by molar-refractivity contribution is 6.00. The molecule has 0 saturated carbocycles. The van der Waals surface area contributed by atoms with Crippen LogP contribution in [0.4, 0.5) is 5.69 Å². The van der Waals surface area contributed by atoms with E-state index in [0.29, 0.717) is 44.0 Å². The largest absolute Gasteiger partial charge is 0.495 e. The molecule has 0 bridgehead atoms. The molecule has 0 spiro atoms. The molecule has 2 aliphatic rings. The molecule has 6 nitrogen and oxygen atoms in total. The lowest BCUT2D eigenvalue weighted by molar-refractivity contribution is -0.120. The Hall–Kier alpha value is -2.86. The van der Waals surface area contributed by atoms with Gasteiger partial charge in [-0.2, -0.15) is 0 Å². The summed E-state index contributed by atoms with van der Waals surface area (Å²) in [6.07, 6.45) is 1.52. The second-order valence-electron chi connectivity index (χ2n) is 7.81. The Labute approximate surface area is 170 Å². The number of methoxy groups -OCH3 is 1. The van der Waals surface area contributed by atoms with E-state index in [9.17, 15) is 9.59 Å². The van der Waals surface area contributed by atoms with Gasteiger partial charge in [0.1, 0.15) is 5.75 Å². The molecule has 6 heteroatoms. The van der Waals surface area contributed by atoms with E-state index in [1.54, 1.807) is 7.11 Å². The Bertz CT molecular complexity index is 934. The van der Waals surface area contributed by atoms with Crippen molar-refractivity contribution in [2.24, 2.45) is 0 Å².